The molecule has 0 saturated heterocycles. The third kappa shape index (κ3) is 1.52. The molecule has 0 aliphatic heterocycles. The number of nitrogens with zero attached hydrogens (tertiary/aromatic N) is 5. The van der Waals surface area contributed by atoms with Crippen LogP contribution in [0.1, 0.15) is 5.82 Å². The maximum absolute atomic E-state index is 5.35. The molecule has 0 unspecified atom stereocenters. The fraction of sp³-hybridized carbons (Fsp3) is 0.143. The number of rotatable bonds is 2. The van der Waals surface area contributed by atoms with Gasteiger partial charge in [0.2, 0.25) is 0 Å². The number of tetrazole rings is 1. The van der Waals surface area contributed by atoms with Gasteiger partial charge >= 0.3 is 0 Å². The minimum atomic E-state index is 0.292. The molecule has 0 aliphatic carbocycles. The van der Waals surface area contributed by atoms with Gasteiger partial charge in [-0.05, 0) is 17.3 Å². The van der Waals surface area contributed by atoms with E-state index in [0.717, 1.165) is 5.69 Å². The van der Waals surface area contributed by atoms with Crippen molar-refractivity contribution in [2.24, 2.45) is 5.73 Å². The topological polar surface area (TPSA) is 82.5 Å². The second-order valence-corrected chi connectivity index (χ2v) is 2.41. The van der Waals surface area contributed by atoms with Crippen molar-refractivity contribution < 1.29 is 0 Å². The lowest BCUT2D eigenvalue weighted by Crippen LogP contribution is -2.01. The van der Waals surface area contributed by atoms with Crippen LogP contribution in [0.15, 0.2) is 24.5 Å². The monoisotopic (exact) mass is 176 g/mol. The summed E-state index contributed by atoms with van der Waals surface area (Å²) in [5, 5.41) is 11.6. The molecular formula is C7H8N6. The molecule has 2 aromatic heterocycles. The lowest BCUT2D eigenvalue weighted by Gasteiger charge is -1.94. The Morgan fingerprint density at radius 3 is 3.00 bits per heavy atom. The van der Waals surface area contributed by atoms with Gasteiger partial charge in [-0.3, -0.25) is 4.98 Å². The standard InChI is InChI=1S/C7H8N6/c8-4-7-10-12-13(11-7)6-2-1-3-9-5-6/h1-3,5H,4,8H2. The van der Waals surface area contributed by atoms with Crippen molar-refractivity contribution in [1.82, 2.24) is 25.2 Å². The molecule has 2 N–H and O–H groups in total. The van der Waals surface area contributed by atoms with E-state index in [-0.39, 0.29) is 0 Å². The van der Waals surface area contributed by atoms with Gasteiger partial charge in [-0.2, -0.15) is 0 Å². The summed E-state index contributed by atoms with van der Waals surface area (Å²) < 4.78 is 0. The van der Waals surface area contributed by atoms with Crippen LogP contribution in [0.25, 0.3) is 5.69 Å². The summed E-state index contributed by atoms with van der Waals surface area (Å²) in [4.78, 5) is 5.33. The summed E-state index contributed by atoms with van der Waals surface area (Å²) in [6.07, 6.45) is 3.34. The Morgan fingerprint density at radius 1 is 1.46 bits per heavy atom. The van der Waals surface area contributed by atoms with E-state index < -0.39 is 0 Å². The first-order valence-corrected chi connectivity index (χ1v) is 3.79. The van der Waals surface area contributed by atoms with Crippen LogP contribution in [0, 0.1) is 0 Å². The smallest absolute Gasteiger partial charge is 0.188 e. The largest absolute Gasteiger partial charge is 0.324 e. The second-order valence-electron chi connectivity index (χ2n) is 2.41. The second kappa shape index (κ2) is 3.28. The first-order chi connectivity index (χ1) is 6.40. The van der Waals surface area contributed by atoms with Gasteiger partial charge in [-0.1, -0.05) is 0 Å². The van der Waals surface area contributed by atoms with Gasteiger partial charge in [0.25, 0.3) is 0 Å². The molecule has 6 nitrogen and oxygen atoms in total. The highest BCUT2D eigenvalue weighted by Crippen LogP contribution is 1.99. The molecule has 0 spiro atoms. The summed E-state index contributed by atoms with van der Waals surface area (Å²) in [7, 11) is 0. The van der Waals surface area contributed by atoms with Gasteiger partial charge in [-0.25, -0.2) is 0 Å². The lowest BCUT2D eigenvalue weighted by molar-refractivity contribution is 0.714. The van der Waals surface area contributed by atoms with Crippen LogP contribution in [-0.4, -0.2) is 25.2 Å². The number of hydrogen-bond acceptors (Lipinski definition) is 5. The van der Waals surface area contributed by atoms with Crippen molar-refractivity contribution >= 4 is 0 Å². The van der Waals surface area contributed by atoms with Crippen molar-refractivity contribution in [2.75, 3.05) is 0 Å². The molecule has 0 fully saturated rings. The molecule has 0 saturated carbocycles. The van der Waals surface area contributed by atoms with Crippen molar-refractivity contribution in [3.63, 3.8) is 0 Å². The predicted molar refractivity (Wildman–Crippen MR) is 44.8 cm³/mol. The third-order valence-corrected chi connectivity index (χ3v) is 1.51. The Bertz CT molecular complexity index is 381. The maximum atomic E-state index is 5.35. The summed E-state index contributed by atoms with van der Waals surface area (Å²) in [5.41, 5.74) is 6.12. The fourth-order valence-electron chi connectivity index (χ4n) is 0.906. The van der Waals surface area contributed by atoms with Crippen LogP contribution in [-0.2, 0) is 6.54 Å². The molecular weight excluding hydrogens is 168 g/mol. The van der Waals surface area contributed by atoms with Crippen LogP contribution >= 0.6 is 0 Å². The normalized spacial score (nSPS) is 10.2. The fourth-order valence-corrected chi connectivity index (χ4v) is 0.906. The van der Waals surface area contributed by atoms with E-state index in [4.69, 9.17) is 5.73 Å². The Kier molecular flexibility index (Phi) is 1.97. The predicted octanol–water partition coefficient (Wildman–Crippen LogP) is -0.484. The van der Waals surface area contributed by atoms with Crippen molar-refractivity contribution in [3.05, 3.63) is 30.4 Å². The number of hydrogen-bond donors (Lipinski definition) is 1. The van der Waals surface area contributed by atoms with Crippen LogP contribution in [0.2, 0.25) is 0 Å². The van der Waals surface area contributed by atoms with Gasteiger partial charge in [0.15, 0.2) is 5.82 Å². The van der Waals surface area contributed by atoms with Crippen molar-refractivity contribution in [3.8, 4) is 5.69 Å². The first-order valence-electron chi connectivity index (χ1n) is 3.79. The molecule has 6 heteroatoms. The molecule has 0 radical (unpaired) electrons. The molecule has 0 bridgehead atoms. The molecule has 13 heavy (non-hydrogen) atoms. The zero-order valence-corrected chi connectivity index (χ0v) is 6.83. The molecule has 0 amide bonds. The van der Waals surface area contributed by atoms with E-state index in [2.05, 4.69) is 20.4 Å². The molecule has 66 valence electrons. The average molecular weight is 176 g/mol. The highest BCUT2D eigenvalue weighted by molar-refractivity contribution is 5.23. The highest BCUT2D eigenvalue weighted by atomic mass is 15.6. The van der Waals surface area contributed by atoms with Gasteiger partial charge in [-0.15, -0.1) is 15.0 Å². The van der Waals surface area contributed by atoms with Gasteiger partial charge in [0, 0.05) is 6.20 Å². The summed E-state index contributed by atoms with van der Waals surface area (Å²) in [5.74, 6) is 0.517. The van der Waals surface area contributed by atoms with Gasteiger partial charge < -0.3 is 5.73 Å². The van der Waals surface area contributed by atoms with E-state index in [0.29, 0.717) is 12.4 Å². The Morgan fingerprint density at radius 2 is 2.38 bits per heavy atom. The van der Waals surface area contributed by atoms with E-state index in [1.54, 1.807) is 18.5 Å². The minimum Gasteiger partial charge on any atom is -0.324 e. The summed E-state index contributed by atoms with van der Waals surface area (Å²) >= 11 is 0. The van der Waals surface area contributed by atoms with E-state index in [1.165, 1.54) is 4.80 Å². The number of nitrogens with two attached hydrogens (primary N) is 1. The van der Waals surface area contributed by atoms with Gasteiger partial charge in [0.1, 0.15) is 5.69 Å². The summed E-state index contributed by atoms with van der Waals surface area (Å²) in [6, 6.07) is 3.65. The zero-order chi connectivity index (χ0) is 9.10. The lowest BCUT2D eigenvalue weighted by atomic mass is 10.4. The molecule has 0 aromatic carbocycles. The molecule has 0 aliphatic rings. The van der Waals surface area contributed by atoms with Crippen LogP contribution in [0.4, 0.5) is 0 Å². The van der Waals surface area contributed by atoms with Crippen LogP contribution in [0.3, 0.4) is 0 Å². The highest BCUT2D eigenvalue weighted by Gasteiger charge is 2.01. The van der Waals surface area contributed by atoms with E-state index >= 15 is 0 Å². The minimum absolute atomic E-state index is 0.292. The van der Waals surface area contributed by atoms with Crippen LogP contribution < -0.4 is 5.73 Å². The summed E-state index contributed by atoms with van der Waals surface area (Å²) in [6.45, 7) is 0.292. The SMILES string of the molecule is NCc1nnn(-c2cccnc2)n1. The van der Waals surface area contributed by atoms with Crippen molar-refractivity contribution in [1.29, 1.82) is 0 Å². The van der Waals surface area contributed by atoms with Gasteiger partial charge in [0.05, 0.1) is 12.7 Å². The quantitative estimate of drug-likeness (QED) is 0.668. The van der Waals surface area contributed by atoms with E-state index in [1.807, 2.05) is 6.07 Å². The van der Waals surface area contributed by atoms with E-state index in [9.17, 15) is 0 Å². The Labute approximate surface area is 74.4 Å². The van der Waals surface area contributed by atoms with Crippen LogP contribution in [0.5, 0.6) is 0 Å². The van der Waals surface area contributed by atoms with Crippen molar-refractivity contribution in [2.45, 2.75) is 6.54 Å². The number of pyridine rings is 1. The maximum Gasteiger partial charge on any atom is 0.188 e. The molecule has 0 atom stereocenters. The molecule has 2 rings (SSSR count). The average Bonchev–Trinajstić information content (AvgIpc) is 2.67. The molecule has 2 aromatic rings. The Balaban J connectivity index is 2.36. The third-order valence-electron chi connectivity index (χ3n) is 1.51. The zero-order valence-electron chi connectivity index (χ0n) is 6.83. The first kappa shape index (κ1) is 7.81. The Hall–Kier alpha value is -1.82. The number of aromatic nitrogens is 5. The molecule has 2 heterocycles.